The Morgan fingerprint density at radius 1 is 1.27 bits per heavy atom. The lowest BCUT2D eigenvalue weighted by Gasteiger charge is -2.17. The second-order valence-corrected chi connectivity index (χ2v) is 5.66. The molecule has 0 aromatic heterocycles. The van der Waals surface area contributed by atoms with Crippen LogP contribution in [0.3, 0.4) is 0 Å². The standard InChI is InChI=1S/C17H24N2O3/c1-12(2)11-15(20)17(22)19-14(16(18)21)10-6-9-13-7-4-3-5-8-13/h3-9,12,14-15,20H,10-11H2,1-2H3,(H2,18,21)(H,19,22)/b9-6+/t14-,15-/m1/s1. The first-order valence-corrected chi connectivity index (χ1v) is 7.39. The van der Waals surface area contributed by atoms with Crippen molar-refractivity contribution in [2.75, 3.05) is 0 Å². The molecule has 1 aromatic rings. The molecule has 0 aliphatic heterocycles. The van der Waals surface area contributed by atoms with Gasteiger partial charge in [0.05, 0.1) is 0 Å². The maximum atomic E-state index is 11.8. The van der Waals surface area contributed by atoms with Crippen molar-refractivity contribution in [3.05, 3.63) is 42.0 Å². The van der Waals surface area contributed by atoms with Crippen molar-refractivity contribution < 1.29 is 14.7 Å². The summed E-state index contributed by atoms with van der Waals surface area (Å²) in [7, 11) is 0. The quantitative estimate of drug-likeness (QED) is 0.679. The molecule has 1 aromatic carbocycles. The van der Waals surface area contributed by atoms with Gasteiger partial charge in [0.15, 0.2) is 0 Å². The minimum absolute atomic E-state index is 0.186. The highest BCUT2D eigenvalue weighted by molar-refractivity contribution is 5.88. The number of carbonyl (C=O) groups is 2. The second-order valence-electron chi connectivity index (χ2n) is 5.66. The number of aliphatic hydroxyl groups excluding tert-OH is 1. The van der Waals surface area contributed by atoms with Crippen molar-refractivity contribution in [1.29, 1.82) is 0 Å². The molecule has 2 atom stereocenters. The Morgan fingerprint density at radius 2 is 1.91 bits per heavy atom. The Balaban J connectivity index is 2.57. The zero-order valence-electron chi connectivity index (χ0n) is 13.0. The van der Waals surface area contributed by atoms with Crippen LogP contribution in [-0.2, 0) is 9.59 Å². The lowest BCUT2D eigenvalue weighted by atomic mass is 10.0. The monoisotopic (exact) mass is 304 g/mol. The maximum absolute atomic E-state index is 11.8. The van der Waals surface area contributed by atoms with Crippen LogP contribution in [0.25, 0.3) is 6.08 Å². The van der Waals surface area contributed by atoms with E-state index in [4.69, 9.17) is 5.73 Å². The molecule has 4 N–H and O–H groups in total. The lowest BCUT2D eigenvalue weighted by Crippen LogP contribution is -2.48. The van der Waals surface area contributed by atoms with Gasteiger partial charge in [-0.15, -0.1) is 0 Å². The summed E-state index contributed by atoms with van der Waals surface area (Å²) in [5.41, 5.74) is 6.29. The van der Waals surface area contributed by atoms with Crippen molar-refractivity contribution in [1.82, 2.24) is 5.32 Å². The Kier molecular flexibility index (Phi) is 7.32. The Bertz CT molecular complexity index is 512. The molecular formula is C17H24N2O3. The number of hydrogen-bond acceptors (Lipinski definition) is 3. The van der Waals surface area contributed by atoms with Gasteiger partial charge < -0.3 is 16.2 Å². The summed E-state index contributed by atoms with van der Waals surface area (Å²) < 4.78 is 0. The zero-order valence-corrected chi connectivity index (χ0v) is 13.0. The predicted octanol–water partition coefficient (Wildman–Crippen LogP) is 1.47. The molecule has 0 saturated carbocycles. The molecule has 0 bridgehead atoms. The second kappa shape index (κ2) is 9.00. The summed E-state index contributed by atoms with van der Waals surface area (Å²) in [6.07, 6.45) is 3.13. The van der Waals surface area contributed by atoms with Crippen molar-refractivity contribution in [2.24, 2.45) is 11.7 Å². The summed E-state index contributed by atoms with van der Waals surface area (Å²) in [6.45, 7) is 3.81. The third-order valence-electron chi connectivity index (χ3n) is 3.14. The number of hydrogen-bond donors (Lipinski definition) is 3. The van der Waals surface area contributed by atoms with Gasteiger partial charge in [-0.25, -0.2) is 0 Å². The van der Waals surface area contributed by atoms with Crippen LogP contribution >= 0.6 is 0 Å². The molecule has 1 rings (SSSR count). The average molecular weight is 304 g/mol. The van der Waals surface area contributed by atoms with Crippen LogP contribution in [0.4, 0.5) is 0 Å². The molecule has 0 aliphatic carbocycles. The molecule has 0 radical (unpaired) electrons. The van der Waals surface area contributed by atoms with Gasteiger partial charge >= 0.3 is 0 Å². The summed E-state index contributed by atoms with van der Waals surface area (Å²) in [4.78, 5) is 23.2. The molecule has 0 fully saturated rings. The first-order chi connectivity index (χ1) is 10.4. The summed E-state index contributed by atoms with van der Waals surface area (Å²) >= 11 is 0. The number of primary amides is 1. The molecule has 120 valence electrons. The normalized spacial score (nSPS) is 14.0. The van der Waals surface area contributed by atoms with E-state index >= 15 is 0 Å². The van der Waals surface area contributed by atoms with E-state index in [1.165, 1.54) is 0 Å². The number of aliphatic hydroxyl groups is 1. The van der Waals surface area contributed by atoms with Crippen molar-refractivity contribution in [2.45, 2.75) is 38.8 Å². The van der Waals surface area contributed by atoms with E-state index in [9.17, 15) is 14.7 Å². The summed E-state index contributed by atoms with van der Waals surface area (Å²) in [5.74, 6) is -1.00. The van der Waals surface area contributed by atoms with Crippen LogP contribution in [-0.4, -0.2) is 29.1 Å². The molecule has 0 heterocycles. The fourth-order valence-corrected chi connectivity index (χ4v) is 1.97. The third-order valence-corrected chi connectivity index (χ3v) is 3.14. The minimum Gasteiger partial charge on any atom is -0.383 e. The number of benzene rings is 1. The van der Waals surface area contributed by atoms with Gasteiger partial charge in [-0.1, -0.05) is 56.3 Å². The number of nitrogens with two attached hydrogens (primary N) is 1. The van der Waals surface area contributed by atoms with Crippen LogP contribution in [0, 0.1) is 5.92 Å². The van der Waals surface area contributed by atoms with Gasteiger partial charge in [0.1, 0.15) is 12.1 Å². The topological polar surface area (TPSA) is 92.4 Å². The van der Waals surface area contributed by atoms with E-state index in [0.717, 1.165) is 5.56 Å². The Labute approximate surface area is 131 Å². The average Bonchev–Trinajstić information content (AvgIpc) is 2.46. The summed E-state index contributed by atoms with van der Waals surface area (Å²) in [6, 6.07) is 8.78. The molecule has 2 amide bonds. The zero-order chi connectivity index (χ0) is 16.5. The molecule has 0 saturated heterocycles. The van der Waals surface area contributed by atoms with Crippen molar-refractivity contribution >= 4 is 17.9 Å². The fraction of sp³-hybridized carbons (Fsp3) is 0.412. The maximum Gasteiger partial charge on any atom is 0.249 e. The van der Waals surface area contributed by atoms with E-state index in [2.05, 4.69) is 5.32 Å². The van der Waals surface area contributed by atoms with Gasteiger partial charge in [0, 0.05) is 0 Å². The molecule has 22 heavy (non-hydrogen) atoms. The highest BCUT2D eigenvalue weighted by atomic mass is 16.3. The first kappa shape index (κ1) is 17.9. The van der Waals surface area contributed by atoms with Gasteiger partial charge in [-0.3, -0.25) is 9.59 Å². The van der Waals surface area contributed by atoms with Crippen LogP contribution in [0.5, 0.6) is 0 Å². The highest BCUT2D eigenvalue weighted by Gasteiger charge is 2.22. The highest BCUT2D eigenvalue weighted by Crippen LogP contribution is 2.06. The number of rotatable bonds is 8. The van der Waals surface area contributed by atoms with Crippen LogP contribution in [0.1, 0.15) is 32.3 Å². The molecular weight excluding hydrogens is 280 g/mol. The SMILES string of the molecule is CC(C)C[C@@H](O)C(=O)N[C@H](C/C=C/c1ccccc1)C(N)=O. The van der Waals surface area contributed by atoms with E-state index in [0.29, 0.717) is 6.42 Å². The first-order valence-electron chi connectivity index (χ1n) is 7.39. The fourth-order valence-electron chi connectivity index (χ4n) is 1.97. The largest absolute Gasteiger partial charge is 0.383 e. The van der Waals surface area contributed by atoms with E-state index in [1.54, 1.807) is 6.08 Å². The smallest absolute Gasteiger partial charge is 0.249 e. The molecule has 0 spiro atoms. The molecule has 5 heteroatoms. The van der Waals surface area contributed by atoms with E-state index < -0.39 is 24.0 Å². The number of amides is 2. The van der Waals surface area contributed by atoms with Gasteiger partial charge in [-0.2, -0.15) is 0 Å². The predicted molar refractivity (Wildman–Crippen MR) is 86.7 cm³/mol. The molecule has 0 aliphatic rings. The van der Waals surface area contributed by atoms with Crippen LogP contribution < -0.4 is 11.1 Å². The molecule has 0 unspecified atom stereocenters. The Hall–Kier alpha value is -2.14. The number of carbonyl (C=O) groups excluding carboxylic acids is 2. The Morgan fingerprint density at radius 3 is 2.45 bits per heavy atom. The lowest BCUT2D eigenvalue weighted by molar-refractivity contribution is -0.133. The van der Waals surface area contributed by atoms with Gasteiger partial charge in [0.25, 0.3) is 0 Å². The van der Waals surface area contributed by atoms with Gasteiger partial charge in [-0.05, 0) is 24.3 Å². The van der Waals surface area contributed by atoms with Crippen LogP contribution in [0.2, 0.25) is 0 Å². The van der Waals surface area contributed by atoms with Gasteiger partial charge in [0.2, 0.25) is 11.8 Å². The number of nitrogens with one attached hydrogen (secondary N) is 1. The van der Waals surface area contributed by atoms with Crippen molar-refractivity contribution in [3.63, 3.8) is 0 Å². The van der Waals surface area contributed by atoms with E-state index in [-0.39, 0.29) is 12.3 Å². The van der Waals surface area contributed by atoms with Crippen molar-refractivity contribution in [3.8, 4) is 0 Å². The van der Waals surface area contributed by atoms with Crippen LogP contribution in [0.15, 0.2) is 36.4 Å². The minimum atomic E-state index is -1.13. The summed E-state index contributed by atoms with van der Waals surface area (Å²) in [5, 5.41) is 12.2. The van der Waals surface area contributed by atoms with E-state index in [1.807, 2.05) is 50.3 Å². The third kappa shape index (κ3) is 6.54. The molecule has 5 nitrogen and oxygen atoms in total.